The molecule has 2 aromatic heterocycles. The number of rotatable bonds is 6. The zero-order valence-corrected chi connectivity index (χ0v) is 14.7. The minimum absolute atomic E-state index is 0.0355. The third-order valence-corrected chi connectivity index (χ3v) is 5.07. The standard InChI is InChI=1S/C15H18ClN5O2S/c1-2-19(17)9-11(22)13-14(23)21(8-10-7-18-15(16)24-10)12-5-3-4-6-20(12)13/h3-7,15,18H,2,8-9,17H2,1H3/p+1. The summed E-state index contributed by atoms with van der Waals surface area (Å²) in [4.78, 5) is 13.3. The molecule has 7 nitrogen and oxygen atoms in total. The highest BCUT2D eigenvalue weighted by Gasteiger charge is 2.32. The Morgan fingerprint density at radius 1 is 1.58 bits per heavy atom. The molecule has 0 saturated heterocycles. The second kappa shape index (κ2) is 7.02. The fourth-order valence-electron chi connectivity index (χ4n) is 2.57. The summed E-state index contributed by atoms with van der Waals surface area (Å²) in [6.07, 6.45) is 3.58. The van der Waals surface area contributed by atoms with Crippen LogP contribution < -0.4 is 15.7 Å². The highest BCUT2D eigenvalue weighted by atomic mass is 35.5. The summed E-state index contributed by atoms with van der Waals surface area (Å²) in [5.41, 5.74) is 0.950. The van der Waals surface area contributed by atoms with Crippen LogP contribution in [0.3, 0.4) is 0 Å². The first kappa shape index (κ1) is 17.1. The van der Waals surface area contributed by atoms with E-state index in [0.29, 0.717) is 13.1 Å². The van der Waals surface area contributed by atoms with E-state index in [-0.39, 0.29) is 28.7 Å². The molecule has 0 aliphatic carbocycles. The molecule has 0 aromatic carbocycles. The Morgan fingerprint density at radius 2 is 2.38 bits per heavy atom. The van der Waals surface area contributed by atoms with Gasteiger partial charge in [-0.1, -0.05) is 36.4 Å². The summed E-state index contributed by atoms with van der Waals surface area (Å²) >= 11 is 7.48. The van der Waals surface area contributed by atoms with Crippen molar-refractivity contribution in [2.45, 2.75) is 18.3 Å². The van der Waals surface area contributed by atoms with E-state index in [1.165, 1.54) is 16.8 Å². The van der Waals surface area contributed by atoms with Gasteiger partial charge in [-0.3, -0.25) is 10.6 Å². The van der Waals surface area contributed by atoms with Crippen LogP contribution in [-0.2, 0) is 6.54 Å². The third-order valence-electron chi connectivity index (χ3n) is 3.78. The van der Waals surface area contributed by atoms with Crippen LogP contribution in [0.4, 0.5) is 0 Å². The fraction of sp³-hybridized carbons (Fsp3) is 0.333. The van der Waals surface area contributed by atoms with E-state index in [9.17, 15) is 9.90 Å². The maximum Gasteiger partial charge on any atom is 0.335 e. The average Bonchev–Trinajstić information content (AvgIpc) is 3.09. The molecule has 0 fully saturated rings. The van der Waals surface area contributed by atoms with Crippen molar-refractivity contribution in [3.8, 4) is 5.88 Å². The first-order valence-electron chi connectivity index (χ1n) is 7.51. The number of ketones is 1. The summed E-state index contributed by atoms with van der Waals surface area (Å²) in [6.45, 7) is 2.87. The van der Waals surface area contributed by atoms with Gasteiger partial charge in [0.15, 0.2) is 4.83 Å². The van der Waals surface area contributed by atoms with E-state index in [1.807, 2.05) is 31.3 Å². The van der Waals surface area contributed by atoms with Crippen LogP contribution >= 0.6 is 23.4 Å². The molecule has 3 heterocycles. The van der Waals surface area contributed by atoms with E-state index < -0.39 is 0 Å². The normalized spacial score (nSPS) is 17.3. The molecule has 0 amide bonds. The Kier molecular flexibility index (Phi) is 5.00. The maximum absolute atomic E-state index is 12.6. The number of nitrogens with two attached hydrogens (primary N) is 1. The van der Waals surface area contributed by atoms with Crippen LogP contribution in [0.25, 0.3) is 5.65 Å². The van der Waals surface area contributed by atoms with Crippen LogP contribution in [-0.4, -0.2) is 38.2 Å². The number of likely N-dealkylation sites (N-methyl/N-ethyl adjacent to an activating group) is 1. The molecule has 3 rings (SSSR count). The monoisotopic (exact) mass is 368 g/mol. The average molecular weight is 369 g/mol. The number of allylic oxidation sites excluding steroid dienone is 1. The molecule has 4 N–H and O–H groups in total. The summed E-state index contributed by atoms with van der Waals surface area (Å²) in [7, 11) is 0. The molecule has 2 aromatic rings. The number of hydrogen-bond donors (Lipinski definition) is 3. The van der Waals surface area contributed by atoms with Crippen molar-refractivity contribution in [3.05, 3.63) is 41.2 Å². The van der Waals surface area contributed by atoms with Gasteiger partial charge < -0.3 is 10.4 Å². The van der Waals surface area contributed by atoms with Gasteiger partial charge in [0.1, 0.15) is 6.54 Å². The Hall–Kier alpha value is -1.74. The lowest BCUT2D eigenvalue weighted by atomic mass is 10.3. The number of thioether (sulfide) groups is 1. The number of fused-ring (bicyclic) bond motifs is 1. The Bertz CT molecular complexity index is 807. The Balaban J connectivity index is 2.01. The number of pyridine rings is 1. The molecule has 0 bridgehead atoms. The number of imidazole rings is 1. The first-order chi connectivity index (χ1) is 11.5. The summed E-state index contributed by atoms with van der Waals surface area (Å²) in [5.74, 6) is 5.43. The number of nitrogens with one attached hydrogen (secondary N) is 1. The van der Waals surface area contributed by atoms with Crippen LogP contribution in [0.15, 0.2) is 35.5 Å². The molecule has 1 unspecified atom stereocenters. The molecule has 9 heteroatoms. The highest BCUT2D eigenvalue weighted by molar-refractivity contribution is 8.04. The van der Waals surface area contributed by atoms with Gasteiger partial charge >= 0.3 is 5.88 Å². The highest BCUT2D eigenvalue weighted by Crippen LogP contribution is 2.29. The van der Waals surface area contributed by atoms with E-state index >= 15 is 0 Å². The van der Waals surface area contributed by atoms with Crippen molar-refractivity contribution in [2.24, 2.45) is 5.84 Å². The Morgan fingerprint density at radius 3 is 3.04 bits per heavy atom. The minimum Gasteiger partial charge on any atom is -0.475 e. The van der Waals surface area contributed by atoms with Crippen molar-refractivity contribution in [2.75, 3.05) is 13.1 Å². The molecule has 0 spiro atoms. The topological polar surface area (TPSA) is 86.9 Å². The quantitative estimate of drug-likeness (QED) is 0.176. The third kappa shape index (κ3) is 3.23. The van der Waals surface area contributed by atoms with Crippen molar-refractivity contribution in [1.82, 2.24) is 14.7 Å². The molecular formula is C15H19ClN5O2S+. The van der Waals surface area contributed by atoms with Crippen LogP contribution in [0.2, 0.25) is 0 Å². The molecule has 1 aliphatic rings. The van der Waals surface area contributed by atoms with Crippen LogP contribution in [0.1, 0.15) is 17.4 Å². The number of carbonyl (C=O) groups is 1. The van der Waals surface area contributed by atoms with Gasteiger partial charge in [-0.25, -0.2) is 5.01 Å². The molecule has 0 saturated carbocycles. The number of aromatic hydroxyl groups is 1. The molecule has 1 atom stereocenters. The number of hydrogen-bond acceptors (Lipinski definition) is 6. The SMILES string of the molecule is CCN(N)CC(=O)c1c(O)[n+](CC2=CNC(Cl)S2)c2ccccn12. The van der Waals surface area contributed by atoms with Gasteiger partial charge in [-0.15, -0.1) is 0 Å². The number of alkyl halides is 1. The fourth-order valence-corrected chi connectivity index (χ4v) is 3.72. The minimum atomic E-state index is -0.238. The molecule has 128 valence electrons. The smallest absolute Gasteiger partial charge is 0.335 e. The Labute approximate surface area is 148 Å². The van der Waals surface area contributed by atoms with E-state index in [4.69, 9.17) is 17.4 Å². The maximum atomic E-state index is 12.6. The molecular weight excluding hydrogens is 350 g/mol. The molecule has 0 radical (unpaired) electrons. The predicted octanol–water partition coefficient (Wildman–Crippen LogP) is 1.01. The lowest BCUT2D eigenvalue weighted by Crippen LogP contribution is -2.36. The molecule has 24 heavy (non-hydrogen) atoms. The van der Waals surface area contributed by atoms with Crippen LogP contribution in [0, 0.1) is 0 Å². The first-order valence-corrected chi connectivity index (χ1v) is 8.83. The largest absolute Gasteiger partial charge is 0.475 e. The second-order valence-electron chi connectivity index (χ2n) is 5.38. The van der Waals surface area contributed by atoms with Gasteiger partial charge in [0.05, 0.1) is 12.7 Å². The lowest BCUT2D eigenvalue weighted by molar-refractivity contribution is -0.667. The van der Waals surface area contributed by atoms with Gasteiger partial charge in [0.2, 0.25) is 5.78 Å². The van der Waals surface area contributed by atoms with E-state index in [1.54, 1.807) is 15.2 Å². The summed E-state index contributed by atoms with van der Waals surface area (Å²) < 4.78 is 3.38. The van der Waals surface area contributed by atoms with Crippen molar-refractivity contribution in [3.63, 3.8) is 0 Å². The van der Waals surface area contributed by atoms with E-state index in [0.717, 1.165) is 10.6 Å². The number of nitrogens with zero attached hydrogens (tertiary/aromatic N) is 3. The van der Waals surface area contributed by atoms with Gasteiger partial charge in [0, 0.05) is 23.7 Å². The van der Waals surface area contributed by atoms with Crippen molar-refractivity contribution in [1.29, 1.82) is 0 Å². The zero-order chi connectivity index (χ0) is 17.3. The van der Waals surface area contributed by atoms with E-state index in [2.05, 4.69) is 5.32 Å². The summed E-state index contributed by atoms with van der Waals surface area (Å²) in [5, 5.41) is 15.1. The van der Waals surface area contributed by atoms with Crippen LogP contribution in [0.5, 0.6) is 5.88 Å². The second-order valence-corrected chi connectivity index (χ2v) is 7.31. The number of hydrazine groups is 1. The zero-order valence-electron chi connectivity index (χ0n) is 13.1. The lowest BCUT2D eigenvalue weighted by Gasteiger charge is -2.10. The van der Waals surface area contributed by atoms with Gasteiger partial charge in [-0.05, 0) is 6.07 Å². The summed E-state index contributed by atoms with van der Waals surface area (Å²) in [6, 6.07) is 5.52. The van der Waals surface area contributed by atoms with Gasteiger partial charge in [0.25, 0.3) is 11.3 Å². The van der Waals surface area contributed by atoms with Crippen molar-refractivity contribution >= 4 is 34.8 Å². The predicted molar refractivity (Wildman–Crippen MR) is 93.5 cm³/mol. The number of Topliss-reactive ketones (excluding diaryl/α,β-unsaturated/α-hetero) is 1. The number of carbonyl (C=O) groups excluding carboxylic acids is 1. The van der Waals surface area contributed by atoms with Crippen molar-refractivity contribution < 1.29 is 14.5 Å². The van der Waals surface area contributed by atoms with Gasteiger partial charge in [-0.2, -0.15) is 8.97 Å². The molecule has 1 aliphatic heterocycles. The number of halogens is 1. The number of aromatic nitrogens is 2.